The summed E-state index contributed by atoms with van der Waals surface area (Å²) in [6.45, 7) is 0. The second-order valence-corrected chi connectivity index (χ2v) is 6.98. The highest BCUT2D eigenvalue weighted by Crippen LogP contribution is 1.90. The predicted molar refractivity (Wildman–Crippen MR) is 60.6 cm³/mol. The molecule has 0 N–H and O–H groups in total. The van der Waals surface area contributed by atoms with Crippen molar-refractivity contribution in [2.75, 3.05) is 28.4 Å². The topological polar surface area (TPSA) is 55.4 Å². The monoisotopic (exact) mass is 270 g/mol. The van der Waals surface area contributed by atoms with Crippen molar-refractivity contribution in [1.29, 1.82) is 0 Å². The van der Waals surface area contributed by atoms with Crippen molar-refractivity contribution in [3.05, 3.63) is 0 Å². The van der Waals surface area contributed by atoms with Crippen molar-refractivity contribution < 1.29 is 27.2 Å². The summed E-state index contributed by atoms with van der Waals surface area (Å²) in [6, 6.07) is 0. The summed E-state index contributed by atoms with van der Waals surface area (Å²) in [7, 11) is 4.71. The maximum absolute atomic E-state index is 5.34. The Bertz CT molecular complexity index is 118. The SMILES string of the molecule is COC(OC)[SiH2]O[Si]O[SiH2]C(OC)OC. The zero-order chi connectivity index (χ0) is 11.5. The van der Waals surface area contributed by atoms with E-state index >= 15 is 0 Å². The van der Waals surface area contributed by atoms with Gasteiger partial charge in [0.25, 0.3) is 0 Å². The summed E-state index contributed by atoms with van der Waals surface area (Å²) in [6.07, 6.45) is 0. The molecule has 0 aliphatic carbocycles. The summed E-state index contributed by atoms with van der Waals surface area (Å²) in [5.74, 6) is -0.410. The molecule has 0 fully saturated rings. The van der Waals surface area contributed by atoms with Crippen LogP contribution in [0.5, 0.6) is 0 Å². The van der Waals surface area contributed by atoms with E-state index in [1.807, 2.05) is 0 Å². The average Bonchev–Trinajstić information content (AvgIpc) is 2.29. The van der Waals surface area contributed by atoms with Crippen LogP contribution >= 0.6 is 0 Å². The minimum Gasteiger partial charge on any atom is -0.435 e. The fourth-order valence-corrected chi connectivity index (χ4v) is 3.97. The first-order valence-electron chi connectivity index (χ1n) is 4.38. The molecule has 6 nitrogen and oxygen atoms in total. The second-order valence-electron chi connectivity index (χ2n) is 2.51. The molecular formula is C6H18O6Si3. The zero-order valence-electron chi connectivity index (χ0n) is 9.52. The van der Waals surface area contributed by atoms with Gasteiger partial charge in [0.05, 0.1) is 0 Å². The Hall–Kier alpha value is 0.411. The van der Waals surface area contributed by atoms with Gasteiger partial charge in [-0.15, -0.1) is 0 Å². The maximum Gasteiger partial charge on any atom is 0.409 e. The Morgan fingerprint density at radius 1 is 0.733 bits per heavy atom. The molecule has 0 aliphatic rings. The van der Waals surface area contributed by atoms with Crippen molar-refractivity contribution in [3.63, 3.8) is 0 Å². The summed E-state index contributed by atoms with van der Waals surface area (Å²) in [5, 5.41) is 0. The molecule has 0 aromatic rings. The zero-order valence-corrected chi connectivity index (χ0v) is 13.3. The van der Waals surface area contributed by atoms with Crippen molar-refractivity contribution in [2.45, 2.75) is 11.8 Å². The van der Waals surface area contributed by atoms with E-state index in [0.717, 1.165) is 0 Å². The van der Waals surface area contributed by atoms with Gasteiger partial charge in [0.1, 0.15) is 0 Å². The third-order valence-corrected chi connectivity index (χ3v) is 5.76. The Balaban J connectivity index is 3.30. The van der Waals surface area contributed by atoms with Crippen LogP contribution < -0.4 is 0 Å². The molecule has 0 saturated heterocycles. The van der Waals surface area contributed by atoms with Gasteiger partial charge in [0.2, 0.25) is 19.5 Å². The van der Waals surface area contributed by atoms with Crippen molar-refractivity contribution in [3.8, 4) is 0 Å². The van der Waals surface area contributed by atoms with Crippen molar-refractivity contribution in [2.24, 2.45) is 0 Å². The molecule has 0 heterocycles. The third-order valence-electron chi connectivity index (χ3n) is 1.61. The van der Waals surface area contributed by atoms with Gasteiger partial charge in [0, 0.05) is 28.4 Å². The molecule has 0 saturated carbocycles. The van der Waals surface area contributed by atoms with Crippen LogP contribution in [-0.4, -0.2) is 69.8 Å². The summed E-state index contributed by atoms with van der Waals surface area (Å²) in [5.41, 5.74) is 0. The van der Waals surface area contributed by atoms with E-state index in [9.17, 15) is 0 Å². The van der Waals surface area contributed by atoms with E-state index < -0.39 is 19.5 Å². The molecule has 9 heteroatoms. The van der Waals surface area contributed by atoms with Crippen LogP contribution in [0.4, 0.5) is 0 Å². The molecular weight excluding hydrogens is 252 g/mol. The molecule has 0 unspecified atom stereocenters. The summed E-state index contributed by atoms with van der Waals surface area (Å²) < 4.78 is 30.6. The summed E-state index contributed by atoms with van der Waals surface area (Å²) >= 11 is 0. The van der Waals surface area contributed by atoms with Gasteiger partial charge >= 0.3 is 10.0 Å². The summed E-state index contributed by atoms with van der Waals surface area (Å²) in [4.78, 5) is 0. The van der Waals surface area contributed by atoms with Crippen LogP contribution in [-0.2, 0) is 27.2 Å². The van der Waals surface area contributed by atoms with Crippen LogP contribution in [0.2, 0.25) is 0 Å². The Kier molecular flexibility index (Phi) is 11.2. The van der Waals surface area contributed by atoms with Gasteiger partial charge in [-0.3, -0.25) is 0 Å². The first-order valence-corrected chi connectivity index (χ1v) is 7.98. The normalized spacial score (nSPS) is 13.2. The number of rotatable bonds is 10. The van der Waals surface area contributed by atoms with E-state index in [2.05, 4.69) is 0 Å². The van der Waals surface area contributed by atoms with Crippen molar-refractivity contribution in [1.82, 2.24) is 0 Å². The van der Waals surface area contributed by atoms with Crippen LogP contribution in [0, 0.1) is 0 Å². The lowest BCUT2D eigenvalue weighted by Gasteiger charge is -2.14. The quantitative estimate of drug-likeness (QED) is 0.257. The third kappa shape index (κ3) is 8.24. The molecule has 0 amide bonds. The van der Waals surface area contributed by atoms with Crippen LogP contribution in [0.1, 0.15) is 0 Å². The van der Waals surface area contributed by atoms with Gasteiger partial charge in [-0.1, -0.05) is 0 Å². The largest absolute Gasteiger partial charge is 0.435 e. The molecule has 90 valence electrons. The van der Waals surface area contributed by atoms with E-state index in [1.54, 1.807) is 28.4 Å². The molecule has 0 rings (SSSR count). The van der Waals surface area contributed by atoms with E-state index in [0.29, 0.717) is 0 Å². The lowest BCUT2D eigenvalue weighted by atomic mass is 11.3. The highest BCUT2D eigenvalue weighted by molar-refractivity contribution is 6.46. The minimum atomic E-state index is -0.849. The standard InChI is InChI=1S/C6H18O6Si3/c1-7-5(8-2)13-11-15-12-14-6(9-3)10-4/h5-6H,13-14H2,1-4H3. The van der Waals surface area contributed by atoms with E-state index in [-0.39, 0.29) is 21.8 Å². The highest BCUT2D eigenvalue weighted by atomic mass is 28.4. The number of hydrogen-bond acceptors (Lipinski definition) is 6. The maximum atomic E-state index is 5.34. The number of methoxy groups -OCH3 is 4. The second kappa shape index (κ2) is 10.9. The molecule has 0 bridgehead atoms. The van der Waals surface area contributed by atoms with E-state index in [4.69, 9.17) is 27.2 Å². The van der Waals surface area contributed by atoms with Gasteiger partial charge in [0.15, 0.2) is 11.8 Å². The Labute approximate surface area is 97.5 Å². The Morgan fingerprint density at radius 3 is 1.33 bits per heavy atom. The smallest absolute Gasteiger partial charge is 0.409 e. The molecule has 0 spiro atoms. The van der Waals surface area contributed by atoms with Gasteiger partial charge in [-0.25, -0.2) is 0 Å². The highest BCUT2D eigenvalue weighted by Gasteiger charge is 2.09. The minimum absolute atomic E-state index is 0.0334. The van der Waals surface area contributed by atoms with Gasteiger partial charge in [-0.2, -0.15) is 0 Å². The fraction of sp³-hybridized carbons (Fsp3) is 1.00. The molecule has 2 radical (unpaired) electrons. The first kappa shape index (κ1) is 15.4. The molecule has 0 aliphatic heterocycles. The van der Waals surface area contributed by atoms with Crippen LogP contribution in [0.3, 0.4) is 0 Å². The molecule has 0 atom stereocenters. The van der Waals surface area contributed by atoms with Gasteiger partial charge in [-0.05, 0) is 0 Å². The molecule has 0 aromatic carbocycles. The van der Waals surface area contributed by atoms with Crippen LogP contribution in [0.25, 0.3) is 0 Å². The lowest BCUT2D eigenvalue weighted by molar-refractivity contribution is -0.0511. The fourth-order valence-electron chi connectivity index (χ4n) is 0.710. The number of ether oxygens (including phenoxy) is 4. The Morgan fingerprint density at radius 2 is 1.07 bits per heavy atom. The van der Waals surface area contributed by atoms with Crippen molar-refractivity contribution >= 4 is 29.5 Å². The molecule has 0 aromatic heterocycles. The first-order chi connectivity index (χ1) is 7.28. The van der Waals surface area contributed by atoms with Crippen LogP contribution in [0.15, 0.2) is 0 Å². The van der Waals surface area contributed by atoms with E-state index in [1.165, 1.54) is 0 Å². The predicted octanol–water partition coefficient (Wildman–Crippen LogP) is -2.13. The van der Waals surface area contributed by atoms with Gasteiger partial charge < -0.3 is 27.2 Å². The lowest BCUT2D eigenvalue weighted by Crippen LogP contribution is -2.29. The average molecular weight is 270 g/mol. The number of hydrogen-bond donors (Lipinski definition) is 0. The molecule has 15 heavy (non-hydrogen) atoms.